The van der Waals surface area contributed by atoms with E-state index in [1.54, 1.807) is 36.1 Å². The second-order valence-electron chi connectivity index (χ2n) is 6.68. The Bertz CT molecular complexity index is 937. The summed E-state index contributed by atoms with van der Waals surface area (Å²) in [5.41, 5.74) is 3.01. The van der Waals surface area contributed by atoms with Crippen LogP contribution in [0.1, 0.15) is 29.8 Å². The first-order valence-corrected chi connectivity index (χ1v) is 9.84. The molecule has 1 saturated heterocycles. The number of hydrogen-bond donors (Lipinski definition) is 0. The molecule has 2 aliphatic heterocycles. The molecule has 6 heteroatoms. The van der Waals surface area contributed by atoms with E-state index in [-0.39, 0.29) is 10.8 Å². The Morgan fingerprint density at radius 1 is 1.04 bits per heavy atom. The van der Waals surface area contributed by atoms with Gasteiger partial charge in [0.2, 0.25) is 15.9 Å². The van der Waals surface area contributed by atoms with Gasteiger partial charge in [0, 0.05) is 6.54 Å². The van der Waals surface area contributed by atoms with Gasteiger partial charge < -0.3 is 4.90 Å². The van der Waals surface area contributed by atoms with Gasteiger partial charge in [0.1, 0.15) is 12.2 Å². The van der Waals surface area contributed by atoms with Gasteiger partial charge in [-0.05, 0) is 43.5 Å². The minimum atomic E-state index is -3.78. The Kier molecular flexibility index (Phi) is 3.70. The number of carbonyl (C=O) groups is 1. The Hall–Kier alpha value is -2.18. The third-order valence-electron chi connectivity index (χ3n) is 5.11. The van der Waals surface area contributed by atoms with Crippen molar-refractivity contribution in [2.24, 2.45) is 0 Å². The van der Waals surface area contributed by atoms with Gasteiger partial charge >= 0.3 is 0 Å². The van der Waals surface area contributed by atoms with Crippen LogP contribution in [0.4, 0.5) is 0 Å². The van der Waals surface area contributed by atoms with Crippen LogP contribution in [0.25, 0.3) is 0 Å². The molecule has 2 aliphatic rings. The number of benzene rings is 2. The Labute approximate surface area is 147 Å². The third kappa shape index (κ3) is 2.40. The molecule has 0 saturated carbocycles. The fourth-order valence-corrected chi connectivity index (χ4v) is 5.50. The first-order valence-electron chi connectivity index (χ1n) is 8.40. The van der Waals surface area contributed by atoms with Crippen molar-refractivity contribution in [1.29, 1.82) is 0 Å². The maximum Gasteiger partial charge on any atom is 0.245 e. The van der Waals surface area contributed by atoms with Crippen LogP contribution in [0.2, 0.25) is 0 Å². The van der Waals surface area contributed by atoms with Crippen molar-refractivity contribution in [3.63, 3.8) is 0 Å². The van der Waals surface area contributed by atoms with Crippen molar-refractivity contribution < 1.29 is 13.2 Å². The van der Waals surface area contributed by atoms with Gasteiger partial charge in [-0.25, -0.2) is 8.42 Å². The summed E-state index contributed by atoms with van der Waals surface area (Å²) in [6, 6.07) is 13.9. The summed E-state index contributed by atoms with van der Waals surface area (Å²) in [5.74, 6) is -0.129. The summed E-state index contributed by atoms with van der Waals surface area (Å²) in [5, 5.41) is 0. The molecule has 1 amide bonds. The van der Waals surface area contributed by atoms with Crippen LogP contribution in [0.15, 0.2) is 53.4 Å². The van der Waals surface area contributed by atoms with E-state index in [2.05, 4.69) is 0 Å². The Morgan fingerprint density at radius 3 is 2.44 bits per heavy atom. The summed E-state index contributed by atoms with van der Waals surface area (Å²) < 4.78 is 28.0. The van der Waals surface area contributed by atoms with Gasteiger partial charge in [0.25, 0.3) is 0 Å². The Balaban J connectivity index is 1.86. The zero-order valence-electron chi connectivity index (χ0n) is 14.2. The maximum absolute atomic E-state index is 13.3. The molecule has 2 aromatic rings. The average Bonchev–Trinajstić information content (AvgIpc) is 2.87. The Morgan fingerprint density at radius 2 is 1.72 bits per heavy atom. The lowest BCUT2D eigenvalue weighted by Crippen LogP contribution is -2.40. The van der Waals surface area contributed by atoms with E-state index >= 15 is 0 Å². The van der Waals surface area contributed by atoms with Crippen molar-refractivity contribution in [1.82, 2.24) is 9.21 Å². The fraction of sp³-hybridized carbons (Fsp3) is 0.316. The summed E-state index contributed by atoms with van der Waals surface area (Å²) >= 11 is 0. The largest absolute Gasteiger partial charge is 0.320 e. The van der Waals surface area contributed by atoms with E-state index in [0.29, 0.717) is 6.54 Å². The first-order chi connectivity index (χ1) is 11.9. The van der Waals surface area contributed by atoms with Crippen molar-refractivity contribution in [2.45, 2.75) is 37.4 Å². The number of fused-ring (bicyclic) bond motifs is 3. The van der Waals surface area contributed by atoms with Gasteiger partial charge in [-0.15, -0.1) is 0 Å². The highest BCUT2D eigenvalue weighted by molar-refractivity contribution is 7.89. The molecule has 0 radical (unpaired) electrons. The number of amides is 1. The van der Waals surface area contributed by atoms with E-state index < -0.39 is 22.2 Å². The van der Waals surface area contributed by atoms with E-state index in [0.717, 1.165) is 23.1 Å². The molecule has 2 heterocycles. The molecular weight excluding hydrogens is 336 g/mol. The number of carbonyl (C=O) groups excluding carboxylic acids is 1. The quantitative estimate of drug-likeness (QED) is 0.831. The molecule has 130 valence electrons. The summed E-state index contributed by atoms with van der Waals surface area (Å²) in [6.07, 6.45) is 0.197. The number of sulfonamides is 1. The number of hydrogen-bond acceptors (Lipinski definition) is 3. The molecule has 25 heavy (non-hydrogen) atoms. The zero-order chi connectivity index (χ0) is 17.8. The first kappa shape index (κ1) is 16.3. The molecule has 0 aromatic heterocycles. The van der Waals surface area contributed by atoms with Gasteiger partial charge in [0.05, 0.1) is 4.90 Å². The molecular formula is C19H20N2O3S. The van der Waals surface area contributed by atoms with Gasteiger partial charge in [-0.1, -0.05) is 42.0 Å². The molecule has 0 spiro atoms. The van der Waals surface area contributed by atoms with Gasteiger partial charge in [-0.3, -0.25) is 4.79 Å². The third-order valence-corrected chi connectivity index (χ3v) is 7.05. The predicted octanol–water partition coefficient (Wildman–Crippen LogP) is 2.47. The molecule has 0 aliphatic carbocycles. The lowest BCUT2D eigenvalue weighted by Gasteiger charge is -2.35. The summed E-state index contributed by atoms with van der Waals surface area (Å²) in [6.45, 7) is 4.14. The lowest BCUT2D eigenvalue weighted by atomic mass is 9.98. The van der Waals surface area contributed by atoms with E-state index in [9.17, 15) is 13.2 Å². The van der Waals surface area contributed by atoms with Crippen molar-refractivity contribution in [3.8, 4) is 0 Å². The minimum Gasteiger partial charge on any atom is -0.320 e. The maximum atomic E-state index is 13.3. The number of rotatable bonds is 2. The molecule has 0 bridgehead atoms. The fourth-order valence-electron chi connectivity index (χ4n) is 3.78. The monoisotopic (exact) mass is 356 g/mol. The molecule has 5 nitrogen and oxygen atoms in total. The van der Waals surface area contributed by atoms with Crippen LogP contribution >= 0.6 is 0 Å². The van der Waals surface area contributed by atoms with Crippen LogP contribution < -0.4 is 0 Å². The van der Waals surface area contributed by atoms with Crippen LogP contribution in [0.3, 0.4) is 0 Å². The van der Waals surface area contributed by atoms with Gasteiger partial charge in [-0.2, -0.15) is 4.31 Å². The predicted molar refractivity (Wildman–Crippen MR) is 94.3 cm³/mol. The van der Waals surface area contributed by atoms with Crippen LogP contribution in [0, 0.1) is 6.92 Å². The lowest BCUT2D eigenvalue weighted by molar-refractivity contribution is -0.130. The molecule has 2 aromatic carbocycles. The number of nitrogens with zero attached hydrogens (tertiary/aromatic N) is 2. The molecule has 2 atom stereocenters. The second-order valence-corrected chi connectivity index (χ2v) is 8.52. The number of aryl methyl sites for hydroxylation is 1. The minimum absolute atomic E-state index is 0.129. The van der Waals surface area contributed by atoms with E-state index in [1.165, 1.54) is 4.31 Å². The van der Waals surface area contributed by atoms with Crippen molar-refractivity contribution in [2.75, 3.05) is 6.54 Å². The average molecular weight is 356 g/mol. The second kappa shape index (κ2) is 5.68. The SMILES string of the molecule is Cc1ccc(S(=O)(=O)N2[C@@H]3c4ccccc4CCN3C(=O)[C@@H]2C)cc1. The summed E-state index contributed by atoms with van der Waals surface area (Å²) in [4.78, 5) is 14.6. The van der Waals surface area contributed by atoms with Crippen LogP contribution in [0.5, 0.6) is 0 Å². The highest BCUT2D eigenvalue weighted by Crippen LogP contribution is 2.42. The zero-order valence-corrected chi connectivity index (χ0v) is 15.0. The molecule has 1 fully saturated rings. The standard InChI is InChI=1S/C19H20N2O3S/c1-13-7-9-16(10-8-13)25(23,24)21-14(2)19(22)20-12-11-15-5-3-4-6-17(15)18(20)21/h3-10,14,18H,11-12H2,1-2H3/t14-,18+/m0/s1. The van der Waals surface area contributed by atoms with E-state index in [4.69, 9.17) is 0 Å². The van der Waals surface area contributed by atoms with Crippen molar-refractivity contribution >= 4 is 15.9 Å². The highest BCUT2D eigenvalue weighted by Gasteiger charge is 2.52. The molecule has 0 N–H and O–H groups in total. The van der Waals surface area contributed by atoms with Gasteiger partial charge in [0.15, 0.2) is 0 Å². The molecule has 4 rings (SSSR count). The molecule has 0 unspecified atom stereocenters. The van der Waals surface area contributed by atoms with E-state index in [1.807, 2.05) is 31.2 Å². The summed E-state index contributed by atoms with van der Waals surface area (Å²) in [7, 11) is -3.78. The van der Waals surface area contributed by atoms with Crippen molar-refractivity contribution in [3.05, 3.63) is 65.2 Å². The van der Waals surface area contributed by atoms with Crippen LogP contribution in [-0.2, 0) is 21.2 Å². The topological polar surface area (TPSA) is 57.7 Å². The smallest absolute Gasteiger partial charge is 0.245 e. The van der Waals surface area contributed by atoms with Crippen LogP contribution in [-0.4, -0.2) is 36.1 Å². The normalized spacial score (nSPS) is 23.4. The highest BCUT2D eigenvalue weighted by atomic mass is 32.2.